The summed E-state index contributed by atoms with van der Waals surface area (Å²) in [5.41, 5.74) is 2.08. The third-order valence-electron chi connectivity index (χ3n) is 6.62. The number of nitrogens with zero attached hydrogens (tertiary/aromatic N) is 8. The molecule has 0 unspecified atom stereocenters. The summed E-state index contributed by atoms with van der Waals surface area (Å²) < 4.78 is 6.91. The third kappa shape index (κ3) is 4.95. The number of benzene rings is 1. The Kier molecular flexibility index (Phi) is 6.54. The van der Waals surface area contributed by atoms with Crippen molar-refractivity contribution in [2.45, 2.75) is 18.9 Å². The van der Waals surface area contributed by atoms with Gasteiger partial charge >= 0.3 is 0 Å². The molecule has 180 valence electrons. The van der Waals surface area contributed by atoms with Gasteiger partial charge in [-0.1, -0.05) is 5.21 Å². The average Bonchev–Trinajstić information content (AvgIpc) is 3.51. The van der Waals surface area contributed by atoms with Gasteiger partial charge in [0, 0.05) is 58.3 Å². The second-order valence-corrected chi connectivity index (χ2v) is 8.97. The maximum atomic E-state index is 12.7. The minimum absolute atomic E-state index is 0.121. The monoisotopic (exact) mass is 465 g/mol. The Labute approximate surface area is 198 Å². The highest BCUT2D eigenvalue weighted by atomic mass is 16.5. The zero-order valence-electron chi connectivity index (χ0n) is 19.7. The minimum atomic E-state index is 0.121. The molecule has 11 nitrogen and oxygen atoms in total. The van der Waals surface area contributed by atoms with E-state index in [4.69, 9.17) is 4.74 Å². The first kappa shape index (κ1) is 22.5. The highest BCUT2D eigenvalue weighted by Crippen LogP contribution is 2.20. The number of likely N-dealkylation sites (N-methyl/N-ethyl adjacent to an activating group) is 1. The topological polar surface area (TPSA) is 105 Å². The molecule has 2 aromatic heterocycles. The molecule has 5 rings (SSSR count). The van der Waals surface area contributed by atoms with Crippen molar-refractivity contribution in [3.8, 4) is 11.4 Å². The van der Waals surface area contributed by atoms with Crippen molar-refractivity contribution in [2.24, 2.45) is 0 Å². The molecule has 2 aliphatic heterocycles. The van der Waals surface area contributed by atoms with Crippen LogP contribution < -0.4 is 10.1 Å². The van der Waals surface area contributed by atoms with Crippen LogP contribution in [-0.4, -0.2) is 112 Å². The highest BCUT2D eigenvalue weighted by Gasteiger charge is 2.27. The Hall–Kier alpha value is -3.31. The van der Waals surface area contributed by atoms with E-state index in [1.807, 2.05) is 29.2 Å². The van der Waals surface area contributed by atoms with E-state index < -0.39 is 0 Å². The first-order valence-corrected chi connectivity index (χ1v) is 11.8. The molecule has 2 fully saturated rings. The smallest absolute Gasteiger partial charge is 0.225 e. The van der Waals surface area contributed by atoms with E-state index in [-0.39, 0.29) is 11.9 Å². The number of anilines is 1. The van der Waals surface area contributed by atoms with Gasteiger partial charge in [-0.2, -0.15) is 9.67 Å². The van der Waals surface area contributed by atoms with Crippen LogP contribution in [0.4, 0.5) is 5.95 Å². The summed E-state index contributed by atoms with van der Waals surface area (Å²) in [7, 11) is 3.78. The molecule has 11 heteroatoms. The van der Waals surface area contributed by atoms with Gasteiger partial charge in [0.2, 0.25) is 11.9 Å². The standard InChI is InChI=1S/C23H31N9O2/c1-29-11-13-30(14-12-29)9-8-21(33)31-10-7-17(16-31)25-23-24-15-20-22(26-23)32(28-27-20)18-3-5-19(34-2)6-4-18/h3-6,15,17H,7-14,16H2,1-2H3,(H,24,25,26)/t17-/m1/s1. The fraction of sp³-hybridized carbons (Fsp3) is 0.522. The number of aromatic nitrogens is 5. The molecule has 1 amide bonds. The molecule has 4 heterocycles. The number of methoxy groups -OCH3 is 1. The van der Waals surface area contributed by atoms with Gasteiger partial charge in [-0.15, -0.1) is 5.10 Å². The summed E-state index contributed by atoms with van der Waals surface area (Å²) in [6.45, 7) is 6.48. The number of likely N-dealkylation sites (tertiary alicyclic amines) is 1. The van der Waals surface area contributed by atoms with Gasteiger partial charge in [-0.05, 0) is 37.7 Å². The van der Waals surface area contributed by atoms with Gasteiger partial charge in [0.25, 0.3) is 0 Å². The van der Waals surface area contributed by atoms with Crippen LogP contribution in [0.5, 0.6) is 5.75 Å². The summed E-state index contributed by atoms with van der Waals surface area (Å²) in [5.74, 6) is 1.51. The van der Waals surface area contributed by atoms with Crippen LogP contribution in [0.15, 0.2) is 30.5 Å². The van der Waals surface area contributed by atoms with Gasteiger partial charge in [0.05, 0.1) is 19.0 Å². The molecule has 0 bridgehead atoms. The number of hydrogen-bond acceptors (Lipinski definition) is 9. The Morgan fingerprint density at radius 1 is 1.15 bits per heavy atom. The normalized spacial score (nSPS) is 19.6. The second-order valence-electron chi connectivity index (χ2n) is 8.97. The molecular weight excluding hydrogens is 434 g/mol. The largest absolute Gasteiger partial charge is 0.497 e. The summed E-state index contributed by atoms with van der Waals surface area (Å²) >= 11 is 0. The summed E-state index contributed by atoms with van der Waals surface area (Å²) in [6, 6.07) is 7.68. The zero-order valence-corrected chi connectivity index (χ0v) is 19.7. The first-order chi connectivity index (χ1) is 16.6. The Balaban J connectivity index is 1.19. The van der Waals surface area contributed by atoms with Gasteiger partial charge in [-0.25, -0.2) is 4.98 Å². The number of ether oxygens (including phenoxy) is 1. The van der Waals surface area contributed by atoms with Gasteiger partial charge < -0.3 is 24.8 Å². The number of carbonyl (C=O) groups is 1. The van der Waals surface area contributed by atoms with E-state index in [2.05, 4.69) is 42.4 Å². The zero-order chi connectivity index (χ0) is 23.5. The van der Waals surface area contributed by atoms with E-state index in [1.165, 1.54) is 0 Å². The molecular formula is C23H31N9O2. The van der Waals surface area contributed by atoms with E-state index >= 15 is 0 Å². The van der Waals surface area contributed by atoms with Crippen molar-refractivity contribution in [3.05, 3.63) is 30.5 Å². The maximum Gasteiger partial charge on any atom is 0.225 e. The lowest BCUT2D eigenvalue weighted by atomic mass is 10.2. The van der Waals surface area contributed by atoms with Crippen LogP contribution in [0.25, 0.3) is 16.9 Å². The van der Waals surface area contributed by atoms with Gasteiger partial charge in [0.1, 0.15) is 5.75 Å². The van der Waals surface area contributed by atoms with Crippen molar-refractivity contribution in [1.82, 2.24) is 39.7 Å². The molecule has 0 radical (unpaired) electrons. The number of piperazine rings is 1. The van der Waals surface area contributed by atoms with E-state index in [9.17, 15) is 4.79 Å². The van der Waals surface area contributed by atoms with Crippen molar-refractivity contribution >= 4 is 23.0 Å². The van der Waals surface area contributed by atoms with Gasteiger partial charge in [-0.3, -0.25) is 4.79 Å². The molecule has 0 aliphatic carbocycles. The molecule has 1 N–H and O–H groups in total. The maximum absolute atomic E-state index is 12.7. The number of amides is 1. The highest BCUT2D eigenvalue weighted by molar-refractivity contribution is 5.77. The van der Waals surface area contributed by atoms with E-state index in [0.717, 1.165) is 57.1 Å². The lowest BCUT2D eigenvalue weighted by molar-refractivity contribution is -0.130. The molecule has 2 aliphatic rings. The third-order valence-corrected chi connectivity index (χ3v) is 6.62. The summed E-state index contributed by atoms with van der Waals surface area (Å²) in [4.78, 5) is 28.5. The van der Waals surface area contributed by atoms with Crippen molar-refractivity contribution in [1.29, 1.82) is 0 Å². The number of nitrogens with one attached hydrogen (secondary N) is 1. The predicted octanol–water partition coefficient (Wildman–Crippen LogP) is 0.869. The van der Waals surface area contributed by atoms with Crippen LogP contribution >= 0.6 is 0 Å². The molecule has 34 heavy (non-hydrogen) atoms. The predicted molar refractivity (Wildman–Crippen MR) is 128 cm³/mol. The van der Waals surface area contributed by atoms with E-state index in [0.29, 0.717) is 30.1 Å². The fourth-order valence-corrected chi connectivity index (χ4v) is 4.47. The molecule has 3 aromatic rings. The Morgan fingerprint density at radius 3 is 2.71 bits per heavy atom. The quantitative estimate of drug-likeness (QED) is 0.544. The molecule has 2 saturated heterocycles. The summed E-state index contributed by atoms with van der Waals surface area (Å²) in [6.07, 6.45) is 3.12. The van der Waals surface area contributed by atoms with Crippen molar-refractivity contribution in [2.75, 3.05) is 65.3 Å². The molecule has 1 aromatic carbocycles. The fourth-order valence-electron chi connectivity index (χ4n) is 4.47. The molecule has 0 saturated carbocycles. The van der Waals surface area contributed by atoms with E-state index in [1.54, 1.807) is 18.0 Å². The molecule has 1 atom stereocenters. The van der Waals surface area contributed by atoms with Gasteiger partial charge in [0.15, 0.2) is 11.2 Å². The Bertz CT molecular complexity index is 1130. The van der Waals surface area contributed by atoms with Crippen molar-refractivity contribution in [3.63, 3.8) is 0 Å². The lowest BCUT2D eigenvalue weighted by Crippen LogP contribution is -2.45. The number of carbonyl (C=O) groups excluding carboxylic acids is 1. The molecule has 0 spiro atoms. The summed E-state index contributed by atoms with van der Waals surface area (Å²) in [5, 5.41) is 11.8. The SMILES string of the molecule is COc1ccc(-n2nnc3cnc(N[C@@H]4CCN(C(=O)CCN5CCN(C)CC5)C4)nc32)cc1. The minimum Gasteiger partial charge on any atom is -0.497 e. The average molecular weight is 466 g/mol. The number of fused-ring (bicyclic) bond motifs is 1. The first-order valence-electron chi connectivity index (χ1n) is 11.8. The van der Waals surface area contributed by atoms with Crippen LogP contribution in [0.2, 0.25) is 0 Å². The van der Waals surface area contributed by atoms with Crippen molar-refractivity contribution < 1.29 is 9.53 Å². The van der Waals surface area contributed by atoms with Crippen LogP contribution in [0.3, 0.4) is 0 Å². The second kappa shape index (κ2) is 9.90. The van der Waals surface area contributed by atoms with Crippen LogP contribution in [0.1, 0.15) is 12.8 Å². The Morgan fingerprint density at radius 2 is 1.94 bits per heavy atom. The number of hydrogen-bond donors (Lipinski definition) is 1. The lowest BCUT2D eigenvalue weighted by Gasteiger charge is -2.32. The van der Waals surface area contributed by atoms with Crippen LogP contribution in [-0.2, 0) is 4.79 Å². The van der Waals surface area contributed by atoms with Crippen LogP contribution in [0, 0.1) is 0 Å². The number of rotatable bonds is 7.